The van der Waals surface area contributed by atoms with Crippen molar-refractivity contribution < 1.29 is 18.7 Å². The van der Waals surface area contributed by atoms with Crippen molar-refractivity contribution in [1.82, 2.24) is 19.9 Å². The maximum atomic E-state index is 12.6. The molecule has 184 valence electrons. The van der Waals surface area contributed by atoms with Crippen molar-refractivity contribution in [1.29, 1.82) is 0 Å². The second-order valence-electron chi connectivity index (χ2n) is 8.75. The average Bonchev–Trinajstić information content (AvgIpc) is 3.52. The summed E-state index contributed by atoms with van der Waals surface area (Å²) in [5.41, 5.74) is 5.34. The van der Waals surface area contributed by atoms with Crippen LogP contribution in [0.2, 0.25) is 0 Å². The number of rotatable bonds is 10. The van der Waals surface area contributed by atoms with Gasteiger partial charge in [0.25, 0.3) is 0 Å². The highest BCUT2D eigenvalue weighted by molar-refractivity contribution is 5.76. The molecule has 3 heterocycles. The smallest absolute Gasteiger partial charge is 0.220 e. The molecular weight excluding hydrogens is 444 g/mol. The Kier molecular flexibility index (Phi) is 7.39. The van der Waals surface area contributed by atoms with Gasteiger partial charge >= 0.3 is 0 Å². The number of carbonyl (C=O) groups is 1. The van der Waals surface area contributed by atoms with Crippen molar-refractivity contribution in [2.45, 2.75) is 52.5 Å². The van der Waals surface area contributed by atoms with Gasteiger partial charge in [-0.25, -0.2) is 9.50 Å². The van der Waals surface area contributed by atoms with Crippen LogP contribution in [0, 0.1) is 13.8 Å². The number of ether oxygens (including phenoxy) is 2. The number of amides is 1. The van der Waals surface area contributed by atoms with Crippen LogP contribution in [0.4, 0.5) is 0 Å². The number of fused-ring (bicyclic) bond motifs is 1. The van der Waals surface area contributed by atoms with E-state index in [1.165, 1.54) is 0 Å². The lowest BCUT2D eigenvalue weighted by Crippen LogP contribution is -2.33. The van der Waals surface area contributed by atoms with E-state index in [2.05, 4.69) is 5.32 Å². The maximum Gasteiger partial charge on any atom is 0.220 e. The molecule has 0 spiro atoms. The standard InChI is InChI=1S/C27H32N4O4/c1-17(8-9-21-7-6-12-35-21)28-27(32)11-10-24-18(2)29-26-16-25(30-31(26)19(24)3)20-13-22(33-4)15-23(14-20)34-5/h6-7,12-17H,8-11H2,1-5H3,(H,28,32)/t17-/m0/s1. The van der Waals surface area contributed by atoms with E-state index in [4.69, 9.17) is 24.0 Å². The first-order chi connectivity index (χ1) is 16.9. The summed E-state index contributed by atoms with van der Waals surface area (Å²) in [6.45, 7) is 6.01. The molecule has 8 heteroatoms. The Balaban J connectivity index is 1.47. The molecule has 0 saturated heterocycles. The fourth-order valence-corrected chi connectivity index (χ4v) is 4.26. The molecule has 0 aliphatic carbocycles. The summed E-state index contributed by atoms with van der Waals surface area (Å²) in [7, 11) is 3.25. The van der Waals surface area contributed by atoms with Crippen LogP contribution < -0.4 is 14.8 Å². The highest BCUT2D eigenvalue weighted by atomic mass is 16.5. The predicted octanol–water partition coefficient (Wildman–Crippen LogP) is 4.69. The minimum atomic E-state index is 0.0282. The van der Waals surface area contributed by atoms with E-state index in [0.29, 0.717) is 24.3 Å². The zero-order valence-electron chi connectivity index (χ0n) is 20.9. The Bertz CT molecular complexity index is 1290. The monoisotopic (exact) mass is 476 g/mol. The molecule has 8 nitrogen and oxygen atoms in total. The second kappa shape index (κ2) is 10.6. The number of methoxy groups -OCH3 is 2. The number of hydrogen-bond donors (Lipinski definition) is 1. The van der Waals surface area contributed by atoms with E-state index in [1.807, 2.05) is 61.7 Å². The lowest BCUT2D eigenvalue weighted by atomic mass is 10.1. The van der Waals surface area contributed by atoms with Gasteiger partial charge in [-0.2, -0.15) is 5.10 Å². The molecule has 1 atom stereocenters. The molecule has 0 aliphatic rings. The third-order valence-electron chi connectivity index (χ3n) is 6.22. The van der Waals surface area contributed by atoms with Crippen LogP contribution >= 0.6 is 0 Å². The van der Waals surface area contributed by atoms with Crippen LogP contribution in [-0.4, -0.2) is 40.8 Å². The van der Waals surface area contributed by atoms with E-state index in [9.17, 15) is 4.79 Å². The van der Waals surface area contributed by atoms with E-state index in [1.54, 1.807) is 20.5 Å². The van der Waals surface area contributed by atoms with Gasteiger partial charge in [0.1, 0.15) is 17.3 Å². The van der Waals surface area contributed by atoms with Crippen molar-refractivity contribution in [3.8, 4) is 22.8 Å². The molecule has 1 aromatic carbocycles. The summed E-state index contributed by atoms with van der Waals surface area (Å²) in [6.07, 6.45) is 4.29. The largest absolute Gasteiger partial charge is 0.497 e. The number of aromatic nitrogens is 3. The van der Waals surface area contributed by atoms with E-state index >= 15 is 0 Å². The van der Waals surface area contributed by atoms with Gasteiger partial charge in [0, 0.05) is 48.0 Å². The lowest BCUT2D eigenvalue weighted by molar-refractivity contribution is -0.121. The molecule has 1 N–H and O–H groups in total. The van der Waals surface area contributed by atoms with Crippen molar-refractivity contribution >= 4 is 11.6 Å². The lowest BCUT2D eigenvalue weighted by Gasteiger charge is -2.14. The Morgan fingerprint density at radius 3 is 2.51 bits per heavy atom. The number of hydrogen-bond acceptors (Lipinski definition) is 6. The fourth-order valence-electron chi connectivity index (χ4n) is 4.26. The van der Waals surface area contributed by atoms with Gasteiger partial charge in [-0.05, 0) is 63.4 Å². The van der Waals surface area contributed by atoms with Gasteiger partial charge in [0.15, 0.2) is 5.65 Å². The van der Waals surface area contributed by atoms with Crippen LogP contribution in [0.15, 0.2) is 47.1 Å². The summed E-state index contributed by atoms with van der Waals surface area (Å²) in [5, 5.41) is 7.88. The van der Waals surface area contributed by atoms with Gasteiger partial charge in [0.2, 0.25) is 5.91 Å². The fraction of sp³-hybridized carbons (Fsp3) is 0.370. The van der Waals surface area contributed by atoms with Crippen LogP contribution in [0.1, 0.15) is 42.5 Å². The molecule has 0 unspecified atom stereocenters. The van der Waals surface area contributed by atoms with Crippen LogP contribution in [0.3, 0.4) is 0 Å². The maximum absolute atomic E-state index is 12.6. The van der Waals surface area contributed by atoms with Crippen molar-refractivity contribution in [3.05, 3.63) is 65.4 Å². The number of furan rings is 1. The zero-order chi connectivity index (χ0) is 24.9. The van der Waals surface area contributed by atoms with E-state index < -0.39 is 0 Å². The van der Waals surface area contributed by atoms with Crippen LogP contribution in [0.5, 0.6) is 11.5 Å². The summed E-state index contributed by atoms with van der Waals surface area (Å²) in [4.78, 5) is 17.3. The van der Waals surface area contributed by atoms with Crippen molar-refractivity contribution in [3.63, 3.8) is 0 Å². The summed E-state index contributed by atoms with van der Waals surface area (Å²) in [5.74, 6) is 2.35. The molecule has 35 heavy (non-hydrogen) atoms. The van der Waals surface area contributed by atoms with E-state index in [-0.39, 0.29) is 11.9 Å². The van der Waals surface area contributed by atoms with Crippen LogP contribution in [-0.2, 0) is 17.6 Å². The Morgan fingerprint density at radius 2 is 1.86 bits per heavy atom. The number of carbonyl (C=O) groups excluding carboxylic acids is 1. The van der Waals surface area contributed by atoms with Crippen molar-refractivity contribution in [2.24, 2.45) is 0 Å². The van der Waals surface area contributed by atoms with Gasteiger partial charge in [-0.3, -0.25) is 4.79 Å². The topological polar surface area (TPSA) is 90.9 Å². The summed E-state index contributed by atoms with van der Waals surface area (Å²) < 4.78 is 18.0. The van der Waals surface area contributed by atoms with E-state index in [0.717, 1.165) is 52.5 Å². The highest BCUT2D eigenvalue weighted by Gasteiger charge is 2.16. The molecule has 1 amide bonds. The first kappa shape index (κ1) is 24.3. The van der Waals surface area contributed by atoms with Gasteiger partial charge < -0.3 is 19.2 Å². The Labute approximate surface area is 205 Å². The second-order valence-corrected chi connectivity index (χ2v) is 8.75. The molecular formula is C27H32N4O4. The molecule has 0 radical (unpaired) electrons. The summed E-state index contributed by atoms with van der Waals surface area (Å²) in [6, 6.07) is 11.5. The quantitative estimate of drug-likeness (QED) is 0.357. The normalized spacial score (nSPS) is 12.0. The first-order valence-electron chi connectivity index (χ1n) is 11.8. The van der Waals surface area contributed by atoms with Crippen LogP contribution in [0.25, 0.3) is 16.9 Å². The molecule has 0 fully saturated rings. The SMILES string of the molecule is COc1cc(OC)cc(-c2cc3nc(C)c(CCC(=O)N[C@@H](C)CCc4ccco4)c(C)n3n2)c1. The third-order valence-corrected chi connectivity index (χ3v) is 6.22. The Morgan fingerprint density at radius 1 is 1.11 bits per heavy atom. The van der Waals surface area contributed by atoms with Crippen molar-refractivity contribution in [2.75, 3.05) is 14.2 Å². The molecule has 0 bridgehead atoms. The zero-order valence-corrected chi connectivity index (χ0v) is 20.9. The minimum absolute atomic E-state index is 0.0282. The number of nitrogens with one attached hydrogen (secondary N) is 1. The average molecular weight is 477 g/mol. The van der Waals surface area contributed by atoms with Gasteiger partial charge in [-0.15, -0.1) is 0 Å². The molecule has 4 rings (SSSR count). The van der Waals surface area contributed by atoms with Gasteiger partial charge in [-0.1, -0.05) is 0 Å². The number of aryl methyl sites for hydroxylation is 3. The highest BCUT2D eigenvalue weighted by Crippen LogP contribution is 2.30. The van der Waals surface area contributed by atoms with Gasteiger partial charge in [0.05, 0.1) is 26.2 Å². The molecule has 3 aromatic heterocycles. The first-order valence-corrected chi connectivity index (χ1v) is 11.8. The number of nitrogens with zero attached hydrogens (tertiary/aromatic N) is 3. The molecule has 0 saturated carbocycles. The summed E-state index contributed by atoms with van der Waals surface area (Å²) >= 11 is 0. The number of benzene rings is 1. The Hall–Kier alpha value is -3.81. The predicted molar refractivity (Wildman–Crippen MR) is 134 cm³/mol. The molecule has 0 aliphatic heterocycles. The third kappa shape index (κ3) is 5.65. The molecule has 4 aromatic rings. The minimum Gasteiger partial charge on any atom is -0.497 e.